The van der Waals surface area contributed by atoms with Gasteiger partial charge in [-0.25, -0.2) is 19.2 Å². The van der Waals surface area contributed by atoms with Gasteiger partial charge in [-0.1, -0.05) is 115 Å². The molecule has 4 N–H and O–H groups in total. The molecule has 2 heterocycles. The van der Waals surface area contributed by atoms with Gasteiger partial charge in [0, 0.05) is 53.1 Å². The number of likely N-dealkylation sites (N-methyl/N-ethyl adjacent to an activating group) is 2. The minimum Gasteiger partial charge on any atom is -0.497 e. The van der Waals surface area contributed by atoms with Gasteiger partial charge in [0.1, 0.15) is 29.0 Å². The molecule has 0 unspecified atom stereocenters. The molecule has 2 aromatic heterocycles. The molecule has 8 rings (SSSR count). The second-order valence-electron chi connectivity index (χ2n) is 22.3. The van der Waals surface area contributed by atoms with Gasteiger partial charge in [-0.3, -0.25) is 9.59 Å². The van der Waals surface area contributed by atoms with Crippen LogP contribution < -0.4 is 37.3 Å². The molecule has 0 bridgehead atoms. The molecule has 0 saturated carbocycles. The first-order valence-electron chi connectivity index (χ1n) is 27.5. The molecule has 0 saturated heterocycles. The minimum atomic E-state index is -0.770. The molecule has 0 aliphatic heterocycles. The number of hydrogen-bond donors (Lipinski definition) is 4. The summed E-state index contributed by atoms with van der Waals surface area (Å²) in [6.07, 6.45) is -0.412. The lowest BCUT2D eigenvalue weighted by molar-refractivity contribution is -0.132. The number of carbonyl (C=O) groups excluding carboxylic acids is 4. The zero-order valence-electron chi connectivity index (χ0n) is 49.5. The van der Waals surface area contributed by atoms with Gasteiger partial charge in [0.25, 0.3) is 12.0 Å². The maximum absolute atomic E-state index is 13.7. The molecule has 440 valence electrons. The SMILES string of the molecule is COc1ccc(C[C@H](Nc2nc3ccc(CNC(=O)OC(C)(C)C)c(C)c3c(=O)o2)C(=O)N(C)Cc2ccccc2)cc1.Cc1c(CNC(=O)OC(C)(C)C)ccc2nc(N[C@@H](Cc3ccccc3)C(=O)N(C)Cc3ccccc3)oc(=O)c12. The standard InChI is InChI=1S/C33H38N4O6.C32H36N4O5/c1-21-24(19-34-32(40)43-33(2,3)4)14-17-26-28(21)30(39)42-31(35-26)36-27(18-22-12-15-25(41-6)16-13-22)29(38)37(5)20-23-10-8-7-9-11-23;1-21-24(19-33-31(39)41-32(2,3)4)16-17-25-27(21)29(38)40-30(34-25)35-26(18-22-12-8-6-9-13-22)28(37)36(5)20-23-14-10-7-11-15-23/h7-17,27H,18-20H2,1-6H3,(H,34,40)(H,35,36);6-17,26H,18-20H2,1-5H3,(H,33,39)(H,34,35)/t27-;26-/m00/s1. The quantitative estimate of drug-likeness (QED) is 0.0589. The summed E-state index contributed by atoms with van der Waals surface area (Å²) in [6, 6.07) is 41.9. The third-order valence-electron chi connectivity index (χ3n) is 13.3. The summed E-state index contributed by atoms with van der Waals surface area (Å²) in [4.78, 5) is 90.1. The van der Waals surface area contributed by atoms with Crippen LogP contribution in [0.4, 0.5) is 21.6 Å². The number of ether oxygens (including phenoxy) is 3. The van der Waals surface area contributed by atoms with Crippen LogP contribution in [0.1, 0.15) is 86.1 Å². The molecule has 19 heteroatoms. The highest BCUT2D eigenvalue weighted by Crippen LogP contribution is 2.24. The van der Waals surface area contributed by atoms with E-state index >= 15 is 0 Å². The average Bonchev–Trinajstić information content (AvgIpc) is 3.58. The zero-order valence-corrected chi connectivity index (χ0v) is 49.5. The number of carbonyl (C=O) groups is 4. The number of hydrogen-bond acceptors (Lipinski definition) is 15. The summed E-state index contributed by atoms with van der Waals surface area (Å²) in [7, 11) is 5.07. The first kappa shape index (κ1) is 62.1. The molecule has 2 atom stereocenters. The molecule has 0 aliphatic rings. The fraction of sp³-hybridized carbons (Fsp3) is 0.323. The Labute approximate surface area is 488 Å². The van der Waals surface area contributed by atoms with Gasteiger partial charge < -0.3 is 54.1 Å². The van der Waals surface area contributed by atoms with E-state index in [1.807, 2.05) is 115 Å². The maximum atomic E-state index is 13.7. The number of methoxy groups -OCH3 is 1. The smallest absolute Gasteiger partial charge is 0.407 e. The van der Waals surface area contributed by atoms with Crippen molar-refractivity contribution in [3.05, 3.63) is 205 Å². The van der Waals surface area contributed by atoms with Gasteiger partial charge in [0.05, 0.1) is 28.9 Å². The van der Waals surface area contributed by atoms with Crippen LogP contribution in [0.2, 0.25) is 0 Å². The van der Waals surface area contributed by atoms with Crippen molar-refractivity contribution in [3.8, 4) is 5.75 Å². The molecule has 84 heavy (non-hydrogen) atoms. The number of rotatable bonds is 19. The summed E-state index contributed by atoms with van der Waals surface area (Å²) in [5.74, 6) is 0.352. The van der Waals surface area contributed by atoms with Crippen molar-refractivity contribution >= 4 is 57.8 Å². The molecule has 0 aliphatic carbocycles. The number of benzene rings is 6. The van der Waals surface area contributed by atoms with E-state index in [1.165, 1.54) is 0 Å². The van der Waals surface area contributed by atoms with E-state index in [-0.39, 0.29) is 36.9 Å². The second-order valence-corrected chi connectivity index (χ2v) is 22.3. The molecular weight excluding hydrogens is 1070 g/mol. The summed E-state index contributed by atoms with van der Waals surface area (Å²) < 4.78 is 27.0. The lowest BCUT2D eigenvalue weighted by Gasteiger charge is -2.25. The number of alkyl carbamates (subject to hydrolysis) is 2. The van der Waals surface area contributed by atoms with Crippen LogP contribution in [0.5, 0.6) is 5.75 Å². The van der Waals surface area contributed by atoms with Crippen molar-refractivity contribution in [2.45, 2.75) is 118 Å². The first-order chi connectivity index (χ1) is 39.9. The Morgan fingerprint density at radius 1 is 0.512 bits per heavy atom. The summed E-state index contributed by atoms with van der Waals surface area (Å²) in [5, 5.41) is 12.2. The molecule has 0 fully saturated rings. The van der Waals surface area contributed by atoms with Crippen molar-refractivity contribution in [1.29, 1.82) is 0 Å². The van der Waals surface area contributed by atoms with Gasteiger partial charge in [-0.15, -0.1) is 0 Å². The highest BCUT2D eigenvalue weighted by molar-refractivity contribution is 5.87. The van der Waals surface area contributed by atoms with E-state index in [4.69, 9.17) is 23.0 Å². The Morgan fingerprint density at radius 3 is 1.23 bits per heavy atom. The van der Waals surface area contributed by atoms with E-state index in [1.54, 1.807) is 111 Å². The maximum Gasteiger partial charge on any atom is 0.407 e. The Bertz CT molecular complexity index is 3680. The second kappa shape index (κ2) is 28.0. The van der Waals surface area contributed by atoms with Crippen molar-refractivity contribution in [2.24, 2.45) is 0 Å². The molecule has 19 nitrogen and oxygen atoms in total. The number of amides is 4. The first-order valence-corrected chi connectivity index (χ1v) is 27.5. The zero-order chi connectivity index (χ0) is 60.7. The lowest BCUT2D eigenvalue weighted by Crippen LogP contribution is -2.42. The van der Waals surface area contributed by atoms with Crippen molar-refractivity contribution in [2.75, 3.05) is 31.8 Å². The van der Waals surface area contributed by atoms with Gasteiger partial charge >= 0.3 is 23.4 Å². The molecule has 0 radical (unpaired) electrons. The highest BCUT2D eigenvalue weighted by atomic mass is 16.6. The van der Waals surface area contributed by atoms with Crippen LogP contribution in [0.15, 0.2) is 158 Å². The molecule has 8 aromatic rings. The lowest BCUT2D eigenvalue weighted by atomic mass is 10.0. The Hall–Kier alpha value is -9.52. The fourth-order valence-electron chi connectivity index (χ4n) is 9.14. The number of nitrogens with zero attached hydrogens (tertiary/aromatic N) is 4. The van der Waals surface area contributed by atoms with E-state index < -0.39 is 46.7 Å². The van der Waals surface area contributed by atoms with Crippen molar-refractivity contribution in [3.63, 3.8) is 0 Å². The predicted octanol–water partition coefficient (Wildman–Crippen LogP) is 10.4. The van der Waals surface area contributed by atoms with Crippen LogP contribution in [0.25, 0.3) is 21.8 Å². The summed E-state index contributed by atoms with van der Waals surface area (Å²) in [5.41, 5.74) is 4.97. The van der Waals surface area contributed by atoms with Crippen LogP contribution in [-0.2, 0) is 58.1 Å². The van der Waals surface area contributed by atoms with Crippen LogP contribution in [-0.4, -0.2) is 88.3 Å². The normalized spacial score (nSPS) is 12.0. The molecule has 4 amide bonds. The minimum absolute atomic E-state index is 0.0380. The van der Waals surface area contributed by atoms with E-state index in [0.29, 0.717) is 64.6 Å². The van der Waals surface area contributed by atoms with Gasteiger partial charge in [-0.2, -0.15) is 9.97 Å². The van der Waals surface area contributed by atoms with E-state index in [9.17, 15) is 28.8 Å². The Kier molecular flexibility index (Phi) is 20.7. The van der Waals surface area contributed by atoms with Gasteiger partial charge in [0.2, 0.25) is 11.8 Å². The van der Waals surface area contributed by atoms with E-state index in [2.05, 4.69) is 31.2 Å². The summed E-state index contributed by atoms with van der Waals surface area (Å²) in [6.45, 7) is 15.5. The van der Waals surface area contributed by atoms with Crippen molar-refractivity contribution < 1.29 is 42.2 Å². The third kappa shape index (κ3) is 17.7. The van der Waals surface area contributed by atoms with Gasteiger partial charge in [-0.05, 0) is 124 Å². The predicted molar refractivity (Wildman–Crippen MR) is 324 cm³/mol. The number of fused-ring (bicyclic) bond motifs is 2. The number of aromatic nitrogens is 2. The number of nitrogens with one attached hydrogen (secondary N) is 4. The number of anilines is 2. The monoisotopic (exact) mass is 1140 g/mol. The molecule has 0 spiro atoms. The molecular formula is C65H74N8O11. The summed E-state index contributed by atoms with van der Waals surface area (Å²) >= 11 is 0. The fourth-order valence-corrected chi connectivity index (χ4v) is 9.14. The highest BCUT2D eigenvalue weighted by Gasteiger charge is 2.28. The van der Waals surface area contributed by atoms with Crippen LogP contribution >= 0.6 is 0 Å². The van der Waals surface area contributed by atoms with Crippen LogP contribution in [0.3, 0.4) is 0 Å². The topological polar surface area (TPSA) is 237 Å². The van der Waals surface area contributed by atoms with Crippen molar-refractivity contribution in [1.82, 2.24) is 30.4 Å². The van der Waals surface area contributed by atoms with Gasteiger partial charge in [0.15, 0.2) is 0 Å². The third-order valence-corrected chi connectivity index (χ3v) is 13.3. The average molecular weight is 1140 g/mol. The largest absolute Gasteiger partial charge is 0.497 e. The van der Waals surface area contributed by atoms with Crippen LogP contribution in [0, 0.1) is 13.8 Å². The number of aryl methyl sites for hydroxylation is 2. The van der Waals surface area contributed by atoms with E-state index in [0.717, 1.165) is 33.4 Å². The molecule has 6 aromatic carbocycles. The Balaban J connectivity index is 0.000000241. The Morgan fingerprint density at radius 2 is 0.869 bits per heavy atom.